The van der Waals surface area contributed by atoms with Gasteiger partial charge in [0.1, 0.15) is 0 Å². The zero-order valence-corrected chi connectivity index (χ0v) is 6.47. The highest BCUT2D eigenvalue weighted by atomic mass is 16.5. The first-order valence-electron chi connectivity index (χ1n) is 3.81. The van der Waals surface area contributed by atoms with Crippen LogP contribution in [-0.2, 0) is 4.74 Å². The summed E-state index contributed by atoms with van der Waals surface area (Å²) in [4.78, 5) is 0. The van der Waals surface area contributed by atoms with Crippen molar-refractivity contribution in [3.63, 3.8) is 0 Å². The van der Waals surface area contributed by atoms with Crippen LogP contribution in [0.5, 0.6) is 0 Å². The van der Waals surface area contributed by atoms with E-state index >= 15 is 0 Å². The van der Waals surface area contributed by atoms with Gasteiger partial charge >= 0.3 is 0 Å². The van der Waals surface area contributed by atoms with Gasteiger partial charge in [0.15, 0.2) is 0 Å². The SMILES string of the molecule is COCCNC1CC(N)C1. The van der Waals surface area contributed by atoms with Crippen molar-refractivity contribution >= 4 is 0 Å². The Morgan fingerprint density at radius 3 is 2.80 bits per heavy atom. The van der Waals surface area contributed by atoms with Gasteiger partial charge in [-0.1, -0.05) is 0 Å². The van der Waals surface area contributed by atoms with Crippen LogP contribution < -0.4 is 11.1 Å². The predicted molar refractivity (Wildman–Crippen MR) is 40.9 cm³/mol. The van der Waals surface area contributed by atoms with Crippen molar-refractivity contribution in [2.45, 2.75) is 24.9 Å². The van der Waals surface area contributed by atoms with E-state index in [0.29, 0.717) is 12.1 Å². The summed E-state index contributed by atoms with van der Waals surface area (Å²) in [7, 11) is 1.72. The smallest absolute Gasteiger partial charge is 0.0587 e. The maximum Gasteiger partial charge on any atom is 0.0587 e. The van der Waals surface area contributed by atoms with Crippen LogP contribution in [0, 0.1) is 0 Å². The van der Waals surface area contributed by atoms with Crippen molar-refractivity contribution in [1.29, 1.82) is 0 Å². The first-order valence-corrected chi connectivity index (χ1v) is 3.81. The van der Waals surface area contributed by atoms with Gasteiger partial charge in [-0.25, -0.2) is 0 Å². The molecule has 10 heavy (non-hydrogen) atoms. The zero-order chi connectivity index (χ0) is 7.40. The molecular formula is C7H16N2O. The molecule has 0 saturated heterocycles. The van der Waals surface area contributed by atoms with Gasteiger partial charge in [0.25, 0.3) is 0 Å². The second-order valence-electron chi connectivity index (χ2n) is 2.88. The maximum absolute atomic E-state index is 5.60. The average Bonchev–Trinajstić information content (AvgIpc) is 1.85. The zero-order valence-electron chi connectivity index (χ0n) is 6.47. The Hall–Kier alpha value is -0.120. The Morgan fingerprint density at radius 2 is 2.30 bits per heavy atom. The minimum absolute atomic E-state index is 0.444. The standard InChI is InChI=1S/C7H16N2O/c1-10-3-2-9-7-4-6(8)5-7/h6-7,9H,2-5,8H2,1H3. The minimum Gasteiger partial charge on any atom is -0.383 e. The van der Waals surface area contributed by atoms with E-state index < -0.39 is 0 Å². The summed E-state index contributed by atoms with van der Waals surface area (Å²) in [6.45, 7) is 1.75. The number of methoxy groups -OCH3 is 1. The van der Waals surface area contributed by atoms with E-state index in [-0.39, 0.29) is 0 Å². The van der Waals surface area contributed by atoms with Crippen LogP contribution in [0.2, 0.25) is 0 Å². The summed E-state index contributed by atoms with van der Waals surface area (Å²) >= 11 is 0. The first kappa shape index (κ1) is 7.98. The normalized spacial score (nSPS) is 31.8. The maximum atomic E-state index is 5.60. The molecule has 0 atom stereocenters. The summed E-state index contributed by atoms with van der Waals surface area (Å²) in [5.41, 5.74) is 5.60. The molecule has 3 heteroatoms. The Balaban J connectivity index is 1.86. The minimum atomic E-state index is 0.444. The first-order chi connectivity index (χ1) is 4.83. The molecule has 0 heterocycles. The van der Waals surface area contributed by atoms with E-state index in [1.807, 2.05) is 0 Å². The lowest BCUT2D eigenvalue weighted by Gasteiger charge is -2.33. The number of hydrogen-bond acceptors (Lipinski definition) is 3. The molecule has 0 aromatic rings. The van der Waals surface area contributed by atoms with E-state index in [9.17, 15) is 0 Å². The molecule has 1 fully saturated rings. The number of nitrogens with one attached hydrogen (secondary N) is 1. The Bertz CT molecular complexity index is 91.6. The van der Waals surface area contributed by atoms with E-state index in [1.165, 1.54) is 0 Å². The lowest BCUT2D eigenvalue weighted by Crippen LogP contribution is -2.49. The highest BCUT2D eigenvalue weighted by Gasteiger charge is 2.24. The van der Waals surface area contributed by atoms with Crippen molar-refractivity contribution in [3.8, 4) is 0 Å². The third-order valence-electron chi connectivity index (χ3n) is 1.91. The lowest BCUT2D eigenvalue weighted by atomic mass is 9.88. The van der Waals surface area contributed by atoms with Gasteiger partial charge in [-0.3, -0.25) is 0 Å². The van der Waals surface area contributed by atoms with Gasteiger partial charge in [-0.15, -0.1) is 0 Å². The molecule has 0 aliphatic heterocycles. The van der Waals surface area contributed by atoms with Crippen LogP contribution in [0.3, 0.4) is 0 Å². The molecule has 0 bridgehead atoms. The van der Waals surface area contributed by atoms with E-state index in [0.717, 1.165) is 26.0 Å². The molecule has 1 saturated carbocycles. The fourth-order valence-electron chi connectivity index (χ4n) is 1.19. The molecule has 3 nitrogen and oxygen atoms in total. The van der Waals surface area contributed by atoms with E-state index in [1.54, 1.807) is 7.11 Å². The highest BCUT2D eigenvalue weighted by molar-refractivity contribution is 4.87. The summed E-state index contributed by atoms with van der Waals surface area (Å²) in [5, 5.41) is 3.35. The van der Waals surface area contributed by atoms with Crippen LogP contribution in [0.4, 0.5) is 0 Å². The topological polar surface area (TPSA) is 47.3 Å². The van der Waals surface area contributed by atoms with Gasteiger partial charge < -0.3 is 15.8 Å². The number of nitrogens with two attached hydrogens (primary N) is 1. The second kappa shape index (κ2) is 3.91. The van der Waals surface area contributed by atoms with Crippen LogP contribution in [0.15, 0.2) is 0 Å². The van der Waals surface area contributed by atoms with Crippen molar-refractivity contribution in [2.75, 3.05) is 20.3 Å². The predicted octanol–water partition coefficient (Wildman–Crippen LogP) is -0.288. The van der Waals surface area contributed by atoms with Gasteiger partial charge in [0.05, 0.1) is 6.61 Å². The van der Waals surface area contributed by atoms with Gasteiger partial charge in [0.2, 0.25) is 0 Å². The third kappa shape index (κ3) is 2.25. The Labute approximate surface area is 61.9 Å². The fourth-order valence-corrected chi connectivity index (χ4v) is 1.19. The number of rotatable bonds is 4. The van der Waals surface area contributed by atoms with E-state index in [2.05, 4.69) is 5.32 Å². The molecule has 1 aliphatic rings. The molecular weight excluding hydrogens is 128 g/mol. The summed E-state index contributed by atoms with van der Waals surface area (Å²) in [5.74, 6) is 0. The number of ether oxygens (including phenoxy) is 1. The van der Waals surface area contributed by atoms with E-state index in [4.69, 9.17) is 10.5 Å². The quantitative estimate of drug-likeness (QED) is 0.533. The number of hydrogen-bond donors (Lipinski definition) is 2. The molecule has 0 aromatic carbocycles. The van der Waals surface area contributed by atoms with Crippen molar-refractivity contribution in [2.24, 2.45) is 5.73 Å². The van der Waals surface area contributed by atoms with Crippen LogP contribution in [0.1, 0.15) is 12.8 Å². The molecule has 0 radical (unpaired) electrons. The molecule has 0 amide bonds. The Kier molecular flexibility index (Phi) is 3.12. The molecule has 0 unspecified atom stereocenters. The van der Waals surface area contributed by atoms with Crippen molar-refractivity contribution in [1.82, 2.24) is 5.32 Å². The highest BCUT2D eigenvalue weighted by Crippen LogP contribution is 2.16. The van der Waals surface area contributed by atoms with Crippen LogP contribution in [0.25, 0.3) is 0 Å². The molecule has 60 valence electrons. The molecule has 0 aromatic heterocycles. The second-order valence-corrected chi connectivity index (χ2v) is 2.88. The summed E-state index contributed by atoms with van der Waals surface area (Å²) in [6.07, 6.45) is 2.26. The van der Waals surface area contributed by atoms with Gasteiger partial charge in [-0.05, 0) is 12.8 Å². The third-order valence-corrected chi connectivity index (χ3v) is 1.91. The van der Waals surface area contributed by atoms with Crippen molar-refractivity contribution in [3.05, 3.63) is 0 Å². The Morgan fingerprint density at radius 1 is 1.60 bits per heavy atom. The summed E-state index contributed by atoms with van der Waals surface area (Å²) < 4.78 is 4.89. The van der Waals surface area contributed by atoms with Crippen LogP contribution >= 0.6 is 0 Å². The average molecular weight is 144 g/mol. The molecule has 1 rings (SSSR count). The summed E-state index contributed by atoms with van der Waals surface area (Å²) in [6, 6.07) is 1.10. The van der Waals surface area contributed by atoms with Gasteiger partial charge in [0, 0.05) is 25.7 Å². The largest absolute Gasteiger partial charge is 0.383 e. The molecule has 1 aliphatic carbocycles. The van der Waals surface area contributed by atoms with Crippen LogP contribution in [-0.4, -0.2) is 32.3 Å². The monoisotopic (exact) mass is 144 g/mol. The van der Waals surface area contributed by atoms with Gasteiger partial charge in [-0.2, -0.15) is 0 Å². The van der Waals surface area contributed by atoms with Crippen molar-refractivity contribution < 1.29 is 4.74 Å². The fraction of sp³-hybridized carbons (Fsp3) is 1.00. The molecule has 0 spiro atoms. The molecule has 3 N–H and O–H groups in total. The lowest BCUT2D eigenvalue weighted by molar-refractivity contribution is 0.184.